The predicted molar refractivity (Wildman–Crippen MR) is 133 cm³/mol. The molecule has 34 heavy (non-hydrogen) atoms. The number of hydrogen-bond donors (Lipinski definition) is 1. The van der Waals surface area contributed by atoms with E-state index in [0.717, 1.165) is 54.0 Å². The van der Waals surface area contributed by atoms with Gasteiger partial charge in [0.2, 0.25) is 10.0 Å². The molecule has 2 aromatic carbocycles. The van der Waals surface area contributed by atoms with Crippen LogP contribution in [0.5, 0.6) is 0 Å². The lowest BCUT2D eigenvalue weighted by Crippen LogP contribution is -2.51. The Balaban J connectivity index is 1.30. The maximum absolute atomic E-state index is 13.1. The maximum Gasteiger partial charge on any atom is 0.261 e. The minimum absolute atomic E-state index is 0.0186. The largest absolute Gasteiger partial charge is 0.367 e. The van der Waals surface area contributed by atoms with Crippen molar-refractivity contribution < 1.29 is 16.8 Å². The van der Waals surface area contributed by atoms with Gasteiger partial charge >= 0.3 is 0 Å². The molecular formula is C24H32N4O4S2. The molecule has 2 aromatic rings. The highest BCUT2D eigenvalue weighted by Crippen LogP contribution is 2.50. The Morgan fingerprint density at radius 2 is 1.44 bits per heavy atom. The number of nitrogens with one attached hydrogen (secondary N) is 1. The molecule has 0 radical (unpaired) electrons. The molecule has 8 nitrogen and oxygen atoms in total. The van der Waals surface area contributed by atoms with Gasteiger partial charge in [0, 0.05) is 46.3 Å². The topological polar surface area (TPSA) is 90.0 Å². The molecule has 2 bridgehead atoms. The Morgan fingerprint density at radius 3 is 2.03 bits per heavy atom. The van der Waals surface area contributed by atoms with Crippen LogP contribution in [0.4, 0.5) is 11.4 Å². The van der Waals surface area contributed by atoms with E-state index >= 15 is 0 Å². The smallest absolute Gasteiger partial charge is 0.261 e. The van der Waals surface area contributed by atoms with E-state index in [2.05, 4.69) is 14.5 Å². The lowest BCUT2D eigenvalue weighted by molar-refractivity contribution is 0.149. The molecule has 1 aliphatic heterocycles. The van der Waals surface area contributed by atoms with Crippen LogP contribution in [0.3, 0.4) is 0 Å². The van der Waals surface area contributed by atoms with Gasteiger partial charge < -0.3 is 4.90 Å². The maximum atomic E-state index is 13.1. The van der Waals surface area contributed by atoms with E-state index < -0.39 is 20.0 Å². The van der Waals surface area contributed by atoms with Gasteiger partial charge in [-0.2, -0.15) is 0 Å². The van der Waals surface area contributed by atoms with Gasteiger partial charge in [0.15, 0.2) is 0 Å². The van der Waals surface area contributed by atoms with Crippen LogP contribution in [0, 0.1) is 11.8 Å². The summed E-state index contributed by atoms with van der Waals surface area (Å²) in [6.07, 6.45) is 4.14. The van der Waals surface area contributed by atoms with E-state index in [1.807, 2.05) is 18.2 Å². The molecule has 4 aliphatic rings. The van der Waals surface area contributed by atoms with E-state index in [9.17, 15) is 16.8 Å². The summed E-state index contributed by atoms with van der Waals surface area (Å²) in [5, 5.41) is 0. The quantitative estimate of drug-likeness (QED) is 0.624. The zero-order chi connectivity index (χ0) is 24.1. The average Bonchev–Trinajstić information content (AvgIpc) is 3.41. The Labute approximate surface area is 202 Å². The molecule has 3 aliphatic carbocycles. The van der Waals surface area contributed by atoms with Crippen molar-refractivity contribution in [1.29, 1.82) is 0 Å². The van der Waals surface area contributed by atoms with Crippen molar-refractivity contribution in [3.63, 3.8) is 0 Å². The number of rotatable bonds is 7. The second-order valence-electron chi connectivity index (χ2n) is 9.81. The molecule has 0 aromatic heterocycles. The fraction of sp³-hybridized carbons (Fsp3) is 0.500. The minimum Gasteiger partial charge on any atom is -0.367 e. The molecule has 10 heteroatoms. The third-order valence-corrected chi connectivity index (χ3v) is 10.8. The second-order valence-corrected chi connectivity index (χ2v) is 13.6. The van der Waals surface area contributed by atoms with Crippen LogP contribution in [0.25, 0.3) is 0 Å². The van der Waals surface area contributed by atoms with E-state index in [1.165, 1.54) is 57.6 Å². The lowest BCUT2D eigenvalue weighted by atomic mass is 9.84. The Bertz CT molecular complexity index is 1250. The Kier molecular flexibility index (Phi) is 6.12. The van der Waals surface area contributed by atoms with Crippen LogP contribution in [0.15, 0.2) is 58.3 Å². The highest BCUT2D eigenvalue weighted by molar-refractivity contribution is 7.92. The number of benzene rings is 2. The standard InChI is InChI=1S/C24H32N4O4S2/c1-26(2)34(31,32)21-9-7-20(8-10-21)33(29,30)25-22-5-3-4-6-23(22)27-11-13-28(14-12-27)24-17-18-15-19(24)16-18/h3-10,18-19,24-25H,11-17H2,1-2H3/t18?,19?,24-/m1/s1. The molecule has 184 valence electrons. The monoisotopic (exact) mass is 504 g/mol. The second kappa shape index (κ2) is 8.82. The number of anilines is 2. The van der Waals surface area contributed by atoms with E-state index in [4.69, 9.17) is 0 Å². The van der Waals surface area contributed by atoms with Crippen LogP contribution in [0.1, 0.15) is 19.3 Å². The fourth-order valence-electron chi connectivity index (χ4n) is 5.61. The molecule has 1 N–H and O–H groups in total. The number of fused-ring (bicyclic) bond motifs is 1. The normalized spacial score (nSPS) is 25.4. The molecule has 1 saturated heterocycles. The van der Waals surface area contributed by atoms with E-state index in [-0.39, 0.29) is 9.79 Å². The molecule has 6 rings (SSSR count). The summed E-state index contributed by atoms with van der Waals surface area (Å²) in [5.74, 6) is 1.83. The van der Waals surface area contributed by atoms with Crippen molar-refractivity contribution >= 4 is 31.4 Å². The third kappa shape index (κ3) is 4.32. The van der Waals surface area contributed by atoms with Crippen molar-refractivity contribution in [3.05, 3.63) is 48.5 Å². The first-order chi connectivity index (χ1) is 16.1. The molecular weight excluding hydrogens is 472 g/mol. The van der Waals surface area contributed by atoms with Crippen LogP contribution in [-0.2, 0) is 20.0 Å². The number of sulfonamides is 2. The number of para-hydroxylation sites is 2. The first-order valence-electron chi connectivity index (χ1n) is 11.8. The fourth-order valence-corrected chi connectivity index (χ4v) is 7.59. The SMILES string of the molecule is CN(C)S(=O)(=O)c1ccc(S(=O)(=O)Nc2ccccc2N2CCN([C@@H]3CC4CC3C4)CC2)cc1. The van der Waals surface area contributed by atoms with Crippen molar-refractivity contribution in [3.8, 4) is 0 Å². The lowest BCUT2D eigenvalue weighted by Gasteiger charge is -2.41. The molecule has 0 spiro atoms. The number of piperazine rings is 1. The Morgan fingerprint density at radius 1 is 0.824 bits per heavy atom. The van der Waals surface area contributed by atoms with Crippen molar-refractivity contribution in [2.24, 2.45) is 11.8 Å². The number of hydrogen-bond acceptors (Lipinski definition) is 6. The summed E-state index contributed by atoms with van der Waals surface area (Å²) >= 11 is 0. The zero-order valence-corrected chi connectivity index (χ0v) is 21.2. The molecule has 0 unspecified atom stereocenters. The summed E-state index contributed by atoms with van der Waals surface area (Å²) in [5.41, 5.74) is 1.40. The van der Waals surface area contributed by atoms with Crippen molar-refractivity contribution in [2.75, 3.05) is 49.9 Å². The van der Waals surface area contributed by atoms with Gasteiger partial charge in [-0.3, -0.25) is 9.62 Å². The van der Waals surface area contributed by atoms with Gasteiger partial charge in [0.25, 0.3) is 10.0 Å². The van der Waals surface area contributed by atoms with Crippen molar-refractivity contribution in [2.45, 2.75) is 35.1 Å². The van der Waals surface area contributed by atoms with E-state index in [0.29, 0.717) is 5.69 Å². The van der Waals surface area contributed by atoms with Crippen LogP contribution in [0.2, 0.25) is 0 Å². The van der Waals surface area contributed by atoms with Crippen LogP contribution < -0.4 is 9.62 Å². The van der Waals surface area contributed by atoms with Gasteiger partial charge in [-0.25, -0.2) is 21.1 Å². The van der Waals surface area contributed by atoms with Crippen LogP contribution in [-0.4, -0.2) is 72.4 Å². The first kappa shape index (κ1) is 23.6. The molecule has 4 fully saturated rings. The summed E-state index contributed by atoms with van der Waals surface area (Å²) < 4.78 is 54.6. The Hall–Kier alpha value is -2.14. The van der Waals surface area contributed by atoms with Crippen LogP contribution >= 0.6 is 0 Å². The van der Waals surface area contributed by atoms with E-state index in [1.54, 1.807) is 6.07 Å². The first-order valence-corrected chi connectivity index (χ1v) is 14.7. The molecule has 1 heterocycles. The summed E-state index contributed by atoms with van der Waals surface area (Å²) in [4.78, 5) is 4.95. The molecule has 1 atom stereocenters. The summed E-state index contributed by atoms with van der Waals surface area (Å²) in [6, 6.07) is 13.5. The molecule has 3 saturated carbocycles. The third-order valence-electron chi connectivity index (χ3n) is 7.58. The summed E-state index contributed by atoms with van der Waals surface area (Å²) in [6.45, 7) is 3.72. The predicted octanol–water partition coefficient (Wildman–Crippen LogP) is 2.66. The minimum atomic E-state index is -3.88. The van der Waals surface area contributed by atoms with Gasteiger partial charge in [-0.1, -0.05) is 12.1 Å². The summed E-state index contributed by atoms with van der Waals surface area (Å²) in [7, 11) is -4.62. The van der Waals surface area contributed by atoms with Gasteiger partial charge in [0.1, 0.15) is 0 Å². The number of nitrogens with zero attached hydrogens (tertiary/aromatic N) is 3. The highest BCUT2D eigenvalue weighted by Gasteiger charge is 2.47. The van der Waals surface area contributed by atoms with Gasteiger partial charge in [0.05, 0.1) is 21.2 Å². The molecule has 0 amide bonds. The van der Waals surface area contributed by atoms with Gasteiger partial charge in [-0.15, -0.1) is 0 Å². The van der Waals surface area contributed by atoms with Crippen molar-refractivity contribution in [1.82, 2.24) is 9.21 Å². The zero-order valence-electron chi connectivity index (χ0n) is 19.6. The highest BCUT2D eigenvalue weighted by atomic mass is 32.2. The average molecular weight is 505 g/mol. The van der Waals surface area contributed by atoms with Gasteiger partial charge in [-0.05, 0) is 67.5 Å².